The summed E-state index contributed by atoms with van der Waals surface area (Å²) in [4.78, 5) is 9.26. The van der Waals surface area contributed by atoms with Gasteiger partial charge in [-0.2, -0.15) is 0 Å². The third kappa shape index (κ3) is 5.69. The van der Waals surface area contributed by atoms with E-state index in [4.69, 9.17) is 11.6 Å². The van der Waals surface area contributed by atoms with Crippen molar-refractivity contribution in [2.75, 3.05) is 0 Å². The monoisotopic (exact) mass is 748 g/mol. The predicted molar refractivity (Wildman–Crippen MR) is 237 cm³/mol. The maximum absolute atomic E-state index is 6.58. The molecule has 3 heterocycles. The summed E-state index contributed by atoms with van der Waals surface area (Å²) in [6.07, 6.45) is 0. The first kappa shape index (κ1) is 33.1. The van der Waals surface area contributed by atoms with Gasteiger partial charge in [-0.15, -0.1) is 0 Å². The highest BCUT2D eigenvalue weighted by atomic mass is 35.5. The second kappa shape index (κ2) is 13.5. The first-order chi connectivity index (χ1) is 28.2. The largest absolute Gasteiger partial charge is 0.309 e. The molecule has 4 nitrogen and oxygen atoms in total. The molecule has 0 spiro atoms. The fourth-order valence-electron chi connectivity index (χ4n) is 8.43. The van der Waals surface area contributed by atoms with E-state index in [2.05, 4.69) is 213 Å². The van der Waals surface area contributed by atoms with Crippen molar-refractivity contribution >= 4 is 55.2 Å². The van der Waals surface area contributed by atoms with Gasteiger partial charge >= 0.3 is 0 Å². The molecule has 57 heavy (non-hydrogen) atoms. The first-order valence-corrected chi connectivity index (χ1v) is 19.5. The molecule has 0 saturated carbocycles. The van der Waals surface area contributed by atoms with Gasteiger partial charge in [-0.1, -0.05) is 146 Å². The van der Waals surface area contributed by atoms with Gasteiger partial charge in [0.15, 0.2) is 0 Å². The lowest BCUT2D eigenvalue weighted by atomic mass is 10.0. The van der Waals surface area contributed by atoms with E-state index in [9.17, 15) is 0 Å². The summed E-state index contributed by atoms with van der Waals surface area (Å²) in [6.45, 7) is 0. The summed E-state index contributed by atoms with van der Waals surface area (Å²) in [7, 11) is 0. The third-order valence-corrected chi connectivity index (χ3v) is 11.3. The molecule has 11 rings (SSSR count). The average molecular weight is 749 g/mol. The van der Waals surface area contributed by atoms with Crippen LogP contribution in [-0.4, -0.2) is 19.1 Å². The summed E-state index contributed by atoms with van der Waals surface area (Å²) >= 11 is 6.58. The van der Waals surface area contributed by atoms with E-state index >= 15 is 0 Å². The van der Waals surface area contributed by atoms with Gasteiger partial charge in [0.1, 0.15) is 0 Å². The fraction of sp³-hybridized carbons (Fsp3) is 0. The number of rotatable bonds is 6. The summed E-state index contributed by atoms with van der Waals surface area (Å²) < 4.78 is 4.70. The Labute approximate surface area is 334 Å². The number of hydrogen-bond acceptors (Lipinski definition) is 2. The number of fused-ring (bicyclic) bond motifs is 6. The first-order valence-electron chi connectivity index (χ1n) is 19.1. The minimum absolute atomic E-state index is 0.216. The summed E-state index contributed by atoms with van der Waals surface area (Å²) in [5.74, 6) is 0. The molecule has 0 bridgehead atoms. The van der Waals surface area contributed by atoms with Crippen LogP contribution in [0.3, 0.4) is 0 Å². The second-order valence-corrected chi connectivity index (χ2v) is 14.7. The molecule has 0 aliphatic heterocycles. The van der Waals surface area contributed by atoms with Crippen molar-refractivity contribution < 1.29 is 0 Å². The van der Waals surface area contributed by atoms with E-state index in [1.54, 1.807) is 0 Å². The molecule has 5 heteroatoms. The summed E-state index contributed by atoms with van der Waals surface area (Å²) in [6, 6.07) is 70.9. The molecule has 11 aromatic rings. The lowest BCUT2D eigenvalue weighted by Crippen LogP contribution is -1.94. The van der Waals surface area contributed by atoms with Crippen molar-refractivity contribution in [1.29, 1.82) is 0 Å². The Hall–Kier alpha value is -7.27. The number of aromatic nitrogens is 4. The number of nitrogens with zero attached hydrogens (tertiary/aromatic N) is 4. The van der Waals surface area contributed by atoms with Gasteiger partial charge in [0, 0.05) is 44.0 Å². The highest BCUT2D eigenvalue weighted by Crippen LogP contribution is 2.36. The Morgan fingerprint density at radius 2 is 0.632 bits per heavy atom. The van der Waals surface area contributed by atoms with E-state index in [0.29, 0.717) is 0 Å². The Bertz CT molecular complexity index is 2980. The van der Waals surface area contributed by atoms with E-state index in [-0.39, 0.29) is 5.28 Å². The van der Waals surface area contributed by atoms with E-state index < -0.39 is 0 Å². The van der Waals surface area contributed by atoms with Crippen LogP contribution < -0.4 is 0 Å². The normalized spacial score (nSPS) is 11.6. The SMILES string of the molecule is Clc1nc(-c2ccc(-c3cccc(-n4c5ccccc5c5ccccc54)c3)cc2)cc(-c2ccc(-c3cccc(-n4c5ccccc5c5ccccc54)c3)cc2)n1. The standard InChI is InChI=1S/C52H33ClN4/c53-52-54-46(36-27-23-34(24-28-36)38-11-9-13-40(31-38)56-48-19-5-1-15-42(48)43-16-2-6-20-49(43)56)33-47(55-52)37-29-25-35(26-30-37)39-12-10-14-41(32-39)57-50-21-7-3-17-44(50)45-18-4-8-22-51(45)57/h1-33H. The van der Waals surface area contributed by atoms with Gasteiger partial charge in [0.2, 0.25) is 5.28 Å². The molecule has 0 amide bonds. The molecular formula is C52H33ClN4. The maximum Gasteiger partial charge on any atom is 0.223 e. The molecular weight excluding hydrogens is 716 g/mol. The third-order valence-electron chi connectivity index (χ3n) is 11.1. The second-order valence-electron chi connectivity index (χ2n) is 14.4. The molecule has 0 aliphatic carbocycles. The van der Waals surface area contributed by atoms with E-state index in [1.165, 1.54) is 43.6 Å². The number of benzene rings is 8. The predicted octanol–water partition coefficient (Wildman–Crippen LogP) is 14.0. The maximum atomic E-state index is 6.58. The Balaban J connectivity index is 0.881. The van der Waals surface area contributed by atoms with Crippen molar-refractivity contribution in [3.05, 3.63) is 205 Å². The van der Waals surface area contributed by atoms with Crippen molar-refractivity contribution in [3.8, 4) is 56.1 Å². The molecule has 0 atom stereocenters. The highest BCUT2D eigenvalue weighted by Gasteiger charge is 2.15. The smallest absolute Gasteiger partial charge is 0.223 e. The molecule has 0 fully saturated rings. The average Bonchev–Trinajstić information content (AvgIpc) is 3.80. The molecule has 0 unspecified atom stereocenters. The van der Waals surface area contributed by atoms with Gasteiger partial charge in [0.25, 0.3) is 0 Å². The van der Waals surface area contributed by atoms with Crippen molar-refractivity contribution in [1.82, 2.24) is 19.1 Å². The van der Waals surface area contributed by atoms with Crippen LogP contribution in [0, 0.1) is 0 Å². The summed E-state index contributed by atoms with van der Waals surface area (Å²) in [5, 5.41) is 5.23. The molecule has 3 aromatic heterocycles. The molecule has 0 aliphatic rings. The highest BCUT2D eigenvalue weighted by molar-refractivity contribution is 6.28. The molecule has 0 radical (unpaired) electrons. The van der Waals surface area contributed by atoms with E-state index in [1.807, 2.05) is 6.07 Å². The number of halogens is 1. The topological polar surface area (TPSA) is 35.6 Å². The lowest BCUT2D eigenvalue weighted by Gasteiger charge is -2.11. The van der Waals surface area contributed by atoms with Crippen LogP contribution in [0.1, 0.15) is 0 Å². The molecule has 0 saturated heterocycles. The van der Waals surface area contributed by atoms with Crippen molar-refractivity contribution in [3.63, 3.8) is 0 Å². The number of hydrogen-bond donors (Lipinski definition) is 0. The Morgan fingerprint density at radius 1 is 0.298 bits per heavy atom. The van der Waals surface area contributed by atoms with Gasteiger partial charge < -0.3 is 9.13 Å². The molecule has 268 valence electrons. The van der Waals surface area contributed by atoms with E-state index in [0.717, 1.165) is 56.1 Å². The number of para-hydroxylation sites is 4. The van der Waals surface area contributed by atoms with Gasteiger partial charge in [0.05, 0.1) is 33.5 Å². The van der Waals surface area contributed by atoms with Crippen molar-refractivity contribution in [2.45, 2.75) is 0 Å². The van der Waals surface area contributed by atoms with Crippen LogP contribution in [0.5, 0.6) is 0 Å². The summed E-state index contributed by atoms with van der Waals surface area (Å²) in [5.41, 5.74) is 15.1. The van der Waals surface area contributed by atoms with Crippen LogP contribution in [0.4, 0.5) is 0 Å². The Kier molecular flexibility index (Phi) is 7.83. The fourth-order valence-corrected chi connectivity index (χ4v) is 8.61. The van der Waals surface area contributed by atoms with Crippen molar-refractivity contribution in [2.24, 2.45) is 0 Å². The quantitative estimate of drug-likeness (QED) is 0.159. The van der Waals surface area contributed by atoms with Crippen LogP contribution in [0.25, 0.3) is 99.8 Å². The van der Waals surface area contributed by atoms with Crippen LogP contribution >= 0.6 is 11.6 Å². The van der Waals surface area contributed by atoms with Crippen LogP contribution in [0.15, 0.2) is 200 Å². The zero-order chi connectivity index (χ0) is 37.9. The molecule has 8 aromatic carbocycles. The molecule has 0 N–H and O–H groups in total. The van der Waals surface area contributed by atoms with Gasteiger partial charge in [-0.05, 0) is 88.5 Å². The minimum Gasteiger partial charge on any atom is -0.309 e. The zero-order valence-corrected chi connectivity index (χ0v) is 31.5. The minimum atomic E-state index is 0.216. The van der Waals surface area contributed by atoms with Gasteiger partial charge in [-0.3, -0.25) is 0 Å². The van der Waals surface area contributed by atoms with Gasteiger partial charge in [-0.25, -0.2) is 9.97 Å². The lowest BCUT2D eigenvalue weighted by molar-refractivity contribution is 1.17. The Morgan fingerprint density at radius 3 is 1.00 bits per heavy atom. The zero-order valence-electron chi connectivity index (χ0n) is 30.7. The van der Waals surface area contributed by atoms with Crippen LogP contribution in [-0.2, 0) is 0 Å². The van der Waals surface area contributed by atoms with Crippen LogP contribution in [0.2, 0.25) is 5.28 Å².